The molecular weight excluding hydrogens is 162 g/mol. The summed E-state index contributed by atoms with van der Waals surface area (Å²) in [6.45, 7) is 5.15. The van der Waals surface area contributed by atoms with Gasteiger partial charge in [-0.3, -0.25) is 4.79 Å². The predicted octanol–water partition coefficient (Wildman–Crippen LogP) is 2.58. The molecule has 0 unspecified atom stereocenters. The standard InChI is InChI=1S/C11H21NO/c1-3-7-10-8-5-6-9-12(10)11(13)4-2/h10H,3-9H2,1-2H3/t10-/m0/s1. The molecule has 2 heteroatoms. The molecule has 1 saturated heterocycles. The van der Waals surface area contributed by atoms with E-state index in [2.05, 4.69) is 11.8 Å². The topological polar surface area (TPSA) is 20.3 Å². The minimum Gasteiger partial charge on any atom is -0.340 e. The second-order valence-electron chi connectivity index (χ2n) is 3.88. The van der Waals surface area contributed by atoms with Gasteiger partial charge in [-0.2, -0.15) is 0 Å². The molecule has 1 rings (SSSR count). The average Bonchev–Trinajstić information content (AvgIpc) is 2.18. The van der Waals surface area contributed by atoms with E-state index in [1.807, 2.05) is 6.92 Å². The van der Waals surface area contributed by atoms with Gasteiger partial charge in [0.25, 0.3) is 0 Å². The number of rotatable bonds is 3. The van der Waals surface area contributed by atoms with E-state index in [-0.39, 0.29) is 0 Å². The van der Waals surface area contributed by atoms with Crippen LogP contribution in [0.5, 0.6) is 0 Å². The summed E-state index contributed by atoms with van der Waals surface area (Å²) in [5, 5.41) is 0. The maximum Gasteiger partial charge on any atom is 0.222 e. The highest BCUT2D eigenvalue weighted by molar-refractivity contribution is 5.76. The first-order valence-electron chi connectivity index (χ1n) is 5.59. The van der Waals surface area contributed by atoms with Gasteiger partial charge in [0, 0.05) is 19.0 Å². The third-order valence-electron chi connectivity index (χ3n) is 2.87. The largest absolute Gasteiger partial charge is 0.340 e. The van der Waals surface area contributed by atoms with Gasteiger partial charge in [-0.1, -0.05) is 20.3 Å². The van der Waals surface area contributed by atoms with Crippen LogP contribution in [0.3, 0.4) is 0 Å². The Labute approximate surface area is 81.3 Å². The Kier molecular flexibility index (Phi) is 4.26. The number of hydrogen-bond donors (Lipinski definition) is 0. The molecule has 0 bridgehead atoms. The fourth-order valence-corrected chi connectivity index (χ4v) is 2.17. The third kappa shape index (κ3) is 2.71. The van der Waals surface area contributed by atoms with Crippen LogP contribution in [0.1, 0.15) is 52.4 Å². The number of piperidine rings is 1. The summed E-state index contributed by atoms with van der Waals surface area (Å²) in [6, 6.07) is 0.547. The van der Waals surface area contributed by atoms with E-state index in [1.54, 1.807) is 0 Å². The number of amides is 1. The molecule has 1 atom stereocenters. The van der Waals surface area contributed by atoms with E-state index in [0.717, 1.165) is 6.54 Å². The lowest BCUT2D eigenvalue weighted by Crippen LogP contribution is -2.43. The van der Waals surface area contributed by atoms with E-state index >= 15 is 0 Å². The Hall–Kier alpha value is -0.530. The monoisotopic (exact) mass is 183 g/mol. The van der Waals surface area contributed by atoms with E-state index in [9.17, 15) is 4.79 Å². The zero-order valence-corrected chi connectivity index (χ0v) is 8.88. The van der Waals surface area contributed by atoms with Gasteiger partial charge < -0.3 is 4.90 Å². The van der Waals surface area contributed by atoms with Crippen LogP contribution in [0.25, 0.3) is 0 Å². The Morgan fingerprint density at radius 2 is 2.15 bits per heavy atom. The van der Waals surface area contributed by atoms with Gasteiger partial charge in [0.05, 0.1) is 0 Å². The smallest absolute Gasteiger partial charge is 0.222 e. The van der Waals surface area contributed by atoms with Crippen LogP contribution in [-0.4, -0.2) is 23.4 Å². The Morgan fingerprint density at radius 1 is 1.38 bits per heavy atom. The van der Waals surface area contributed by atoms with Crippen molar-refractivity contribution >= 4 is 5.91 Å². The molecule has 1 fully saturated rings. The summed E-state index contributed by atoms with van der Waals surface area (Å²) in [7, 11) is 0. The van der Waals surface area contributed by atoms with Crippen LogP contribution in [0, 0.1) is 0 Å². The zero-order chi connectivity index (χ0) is 9.68. The molecule has 13 heavy (non-hydrogen) atoms. The van der Waals surface area contributed by atoms with Crippen LogP contribution in [-0.2, 0) is 4.79 Å². The first-order chi connectivity index (χ1) is 6.29. The molecule has 0 aromatic rings. The summed E-state index contributed by atoms with van der Waals surface area (Å²) < 4.78 is 0. The highest BCUT2D eigenvalue weighted by Crippen LogP contribution is 2.21. The molecule has 0 saturated carbocycles. The van der Waals surface area contributed by atoms with Crippen molar-refractivity contribution < 1.29 is 4.79 Å². The first kappa shape index (κ1) is 10.6. The Bertz CT molecular complexity index is 165. The number of nitrogens with zero attached hydrogens (tertiary/aromatic N) is 1. The van der Waals surface area contributed by atoms with E-state index in [4.69, 9.17) is 0 Å². The molecule has 1 aliphatic rings. The van der Waals surface area contributed by atoms with Gasteiger partial charge in [0.2, 0.25) is 5.91 Å². The molecule has 0 N–H and O–H groups in total. The molecule has 1 heterocycles. The first-order valence-corrected chi connectivity index (χ1v) is 5.59. The molecule has 2 nitrogen and oxygen atoms in total. The average molecular weight is 183 g/mol. The van der Waals surface area contributed by atoms with Crippen molar-refractivity contribution in [2.45, 2.75) is 58.4 Å². The Morgan fingerprint density at radius 3 is 2.77 bits per heavy atom. The van der Waals surface area contributed by atoms with Crippen LogP contribution in [0.2, 0.25) is 0 Å². The number of carbonyl (C=O) groups excluding carboxylic acids is 1. The molecule has 0 spiro atoms. The van der Waals surface area contributed by atoms with Crippen molar-refractivity contribution in [2.75, 3.05) is 6.54 Å². The quantitative estimate of drug-likeness (QED) is 0.658. The van der Waals surface area contributed by atoms with E-state index < -0.39 is 0 Å². The normalized spacial score (nSPS) is 23.2. The molecule has 0 aliphatic carbocycles. The maximum absolute atomic E-state index is 11.6. The predicted molar refractivity (Wildman–Crippen MR) is 54.6 cm³/mol. The lowest BCUT2D eigenvalue weighted by Gasteiger charge is -2.35. The summed E-state index contributed by atoms with van der Waals surface area (Å²) in [4.78, 5) is 13.7. The SMILES string of the molecule is CCC[C@H]1CCCCN1C(=O)CC. The van der Waals surface area contributed by atoms with Gasteiger partial charge in [-0.05, 0) is 25.7 Å². The van der Waals surface area contributed by atoms with Crippen molar-refractivity contribution in [3.05, 3.63) is 0 Å². The van der Waals surface area contributed by atoms with Gasteiger partial charge in [-0.15, -0.1) is 0 Å². The highest BCUT2D eigenvalue weighted by Gasteiger charge is 2.24. The second-order valence-corrected chi connectivity index (χ2v) is 3.88. The number of carbonyl (C=O) groups is 1. The summed E-state index contributed by atoms with van der Waals surface area (Å²) in [5.41, 5.74) is 0. The van der Waals surface area contributed by atoms with Crippen molar-refractivity contribution in [1.82, 2.24) is 4.90 Å². The Balaban J connectivity index is 2.50. The molecular formula is C11H21NO. The number of likely N-dealkylation sites (tertiary alicyclic amines) is 1. The van der Waals surface area contributed by atoms with Crippen LogP contribution in [0.4, 0.5) is 0 Å². The highest BCUT2D eigenvalue weighted by atomic mass is 16.2. The fourth-order valence-electron chi connectivity index (χ4n) is 2.17. The molecule has 0 aromatic carbocycles. The molecule has 76 valence electrons. The van der Waals surface area contributed by atoms with Gasteiger partial charge in [0.1, 0.15) is 0 Å². The molecule has 0 aromatic heterocycles. The van der Waals surface area contributed by atoms with Crippen molar-refractivity contribution in [3.8, 4) is 0 Å². The van der Waals surface area contributed by atoms with Crippen LogP contribution >= 0.6 is 0 Å². The minimum absolute atomic E-state index is 0.346. The maximum atomic E-state index is 11.6. The van der Waals surface area contributed by atoms with Crippen LogP contribution < -0.4 is 0 Å². The molecule has 1 amide bonds. The third-order valence-corrected chi connectivity index (χ3v) is 2.87. The van der Waals surface area contributed by atoms with Crippen molar-refractivity contribution in [3.63, 3.8) is 0 Å². The zero-order valence-electron chi connectivity index (χ0n) is 8.88. The van der Waals surface area contributed by atoms with Crippen molar-refractivity contribution in [2.24, 2.45) is 0 Å². The summed E-state index contributed by atoms with van der Waals surface area (Å²) in [6.07, 6.45) is 6.77. The molecule has 1 aliphatic heterocycles. The molecule has 0 radical (unpaired) electrons. The minimum atomic E-state index is 0.346. The summed E-state index contributed by atoms with van der Waals surface area (Å²) in [5.74, 6) is 0.346. The number of hydrogen-bond acceptors (Lipinski definition) is 1. The van der Waals surface area contributed by atoms with Crippen molar-refractivity contribution in [1.29, 1.82) is 0 Å². The van der Waals surface area contributed by atoms with E-state index in [1.165, 1.54) is 32.1 Å². The van der Waals surface area contributed by atoms with Gasteiger partial charge in [0.15, 0.2) is 0 Å². The van der Waals surface area contributed by atoms with Gasteiger partial charge in [-0.25, -0.2) is 0 Å². The van der Waals surface area contributed by atoms with Crippen LogP contribution in [0.15, 0.2) is 0 Å². The summed E-state index contributed by atoms with van der Waals surface area (Å²) >= 11 is 0. The van der Waals surface area contributed by atoms with Gasteiger partial charge >= 0.3 is 0 Å². The second kappa shape index (κ2) is 5.25. The lowest BCUT2D eigenvalue weighted by molar-refractivity contribution is -0.134. The lowest BCUT2D eigenvalue weighted by atomic mass is 9.98. The fraction of sp³-hybridized carbons (Fsp3) is 0.909. The van der Waals surface area contributed by atoms with E-state index in [0.29, 0.717) is 18.4 Å².